The van der Waals surface area contributed by atoms with Crippen LogP contribution in [0.25, 0.3) is 0 Å². The highest BCUT2D eigenvalue weighted by Gasteiger charge is 2.31. The van der Waals surface area contributed by atoms with Crippen molar-refractivity contribution < 1.29 is 18.0 Å². The molecule has 0 aromatic heterocycles. The maximum absolute atomic E-state index is 12.5. The first-order valence-corrected chi connectivity index (χ1v) is 7.10. The van der Waals surface area contributed by atoms with Crippen molar-refractivity contribution in [2.24, 2.45) is 5.92 Å². The lowest BCUT2D eigenvalue weighted by molar-refractivity contribution is -0.137. The van der Waals surface area contributed by atoms with Crippen LogP contribution in [0.1, 0.15) is 56.1 Å². The van der Waals surface area contributed by atoms with Gasteiger partial charge in [-0.25, -0.2) is 0 Å². The summed E-state index contributed by atoms with van der Waals surface area (Å²) in [5.41, 5.74) is 0.00661. The van der Waals surface area contributed by atoms with Crippen LogP contribution in [0.15, 0.2) is 24.3 Å². The summed E-state index contributed by atoms with van der Waals surface area (Å²) in [4.78, 5) is 12.4. The molecule has 0 aliphatic heterocycles. The molecular weight excluding hydrogens is 265 g/mol. The Bertz CT molecular complexity index is 456. The summed E-state index contributed by atoms with van der Waals surface area (Å²) < 4.78 is 37.5. The van der Waals surface area contributed by atoms with E-state index in [1.807, 2.05) is 0 Å². The Kier molecular flexibility index (Phi) is 4.51. The number of alkyl halides is 3. The van der Waals surface area contributed by atoms with Gasteiger partial charge in [0.25, 0.3) is 0 Å². The molecule has 2 rings (SSSR count). The molecule has 1 aromatic carbocycles. The molecule has 1 atom stereocenters. The van der Waals surface area contributed by atoms with Crippen LogP contribution in [-0.2, 0) is 11.0 Å². The predicted octanol–water partition coefficient (Wildman–Crippen LogP) is 4.96. The van der Waals surface area contributed by atoms with Crippen molar-refractivity contribution >= 4 is 5.78 Å². The van der Waals surface area contributed by atoms with E-state index in [4.69, 9.17) is 0 Å². The zero-order valence-electron chi connectivity index (χ0n) is 11.5. The Balaban J connectivity index is 2.08. The molecule has 0 amide bonds. The van der Waals surface area contributed by atoms with Crippen LogP contribution in [-0.4, -0.2) is 5.78 Å². The number of ketones is 1. The van der Waals surface area contributed by atoms with E-state index in [0.29, 0.717) is 5.56 Å². The third-order valence-corrected chi connectivity index (χ3v) is 4.17. The summed E-state index contributed by atoms with van der Waals surface area (Å²) in [6.45, 7) is 1.79. The fraction of sp³-hybridized carbons (Fsp3) is 0.562. The zero-order valence-corrected chi connectivity index (χ0v) is 11.5. The molecule has 0 heterocycles. The number of carbonyl (C=O) groups is 1. The van der Waals surface area contributed by atoms with Gasteiger partial charge in [0.1, 0.15) is 5.78 Å². The quantitative estimate of drug-likeness (QED) is 0.766. The van der Waals surface area contributed by atoms with Crippen LogP contribution >= 0.6 is 0 Å². The summed E-state index contributed by atoms with van der Waals surface area (Å²) in [6, 6.07) is 4.96. The third kappa shape index (κ3) is 3.41. The van der Waals surface area contributed by atoms with Crippen molar-refractivity contribution in [1.82, 2.24) is 0 Å². The molecule has 1 fully saturated rings. The number of Topliss-reactive ketones (excluding diaryl/α,β-unsaturated/α-hetero) is 1. The van der Waals surface area contributed by atoms with E-state index in [9.17, 15) is 18.0 Å². The van der Waals surface area contributed by atoms with Crippen molar-refractivity contribution in [3.05, 3.63) is 35.4 Å². The molecule has 1 nitrogen and oxygen atoms in total. The molecule has 1 aromatic rings. The van der Waals surface area contributed by atoms with Crippen LogP contribution in [0, 0.1) is 5.92 Å². The Morgan fingerprint density at radius 1 is 1.10 bits per heavy atom. The van der Waals surface area contributed by atoms with Crippen LogP contribution < -0.4 is 0 Å². The van der Waals surface area contributed by atoms with Gasteiger partial charge >= 0.3 is 6.18 Å². The molecule has 0 radical (unpaired) electrons. The van der Waals surface area contributed by atoms with E-state index >= 15 is 0 Å². The first-order valence-electron chi connectivity index (χ1n) is 7.10. The molecule has 0 bridgehead atoms. The van der Waals surface area contributed by atoms with Crippen LogP contribution in [0.2, 0.25) is 0 Å². The number of benzene rings is 1. The average molecular weight is 284 g/mol. The lowest BCUT2D eigenvalue weighted by atomic mass is 9.80. The molecule has 110 valence electrons. The maximum atomic E-state index is 12.5. The van der Waals surface area contributed by atoms with Crippen molar-refractivity contribution in [3.63, 3.8) is 0 Å². The van der Waals surface area contributed by atoms with Crippen molar-refractivity contribution in [2.45, 2.75) is 51.1 Å². The van der Waals surface area contributed by atoms with Gasteiger partial charge in [-0.1, -0.05) is 38.3 Å². The molecule has 0 N–H and O–H groups in total. The largest absolute Gasteiger partial charge is 0.416 e. The molecule has 0 saturated heterocycles. The second kappa shape index (κ2) is 5.98. The van der Waals surface area contributed by atoms with Gasteiger partial charge in [0.05, 0.1) is 5.56 Å². The van der Waals surface area contributed by atoms with Crippen LogP contribution in [0.4, 0.5) is 13.2 Å². The van der Waals surface area contributed by atoms with Gasteiger partial charge in [-0.05, 0) is 30.5 Å². The zero-order chi connectivity index (χ0) is 14.8. The second-order valence-electron chi connectivity index (χ2n) is 5.58. The predicted molar refractivity (Wildman–Crippen MR) is 71.4 cm³/mol. The Labute approximate surface area is 117 Å². The molecule has 0 unspecified atom stereocenters. The number of rotatable bonds is 3. The normalized spacial score (nSPS) is 18.8. The summed E-state index contributed by atoms with van der Waals surface area (Å²) in [5, 5.41) is 0. The topological polar surface area (TPSA) is 17.1 Å². The standard InChI is InChI=1S/C16H19F3O/c1-11(15(20)13-5-3-2-4-6-13)12-7-9-14(10-8-12)16(17,18)19/h7-11,13H,2-6H2,1H3/t11-/m0/s1. The SMILES string of the molecule is C[C@H](C(=O)C1CCCCC1)c1ccc(C(F)(F)F)cc1. The first-order chi connectivity index (χ1) is 9.39. The number of hydrogen-bond donors (Lipinski definition) is 0. The van der Waals surface area contributed by atoms with Gasteiger partial charge in [0.2, 0.25) is 0 Å². The minimum absolute atomic E-state index is 0.0843. The minimum atomic E-state index is -4.32. The summed E-state index contributed by atoms with van der Waals surface area (Å²) >= 11 is 0. The number of carbonyl (C=O) groups excluding carboxylic acids is 1. The molecule has 0 spiro atoms. The lowest BCUT2D eigenvalue weighted by Gasteiger charge is -2.23. The molecule has 1 aliphatic rings. The van der Waals surface area contributed by atoms with Crippen LogP contribution in [0.3, 0.4) is 0 Å². The molecule has 1 aliphatic carbocycles. The minimum Gasteiger partial charge on any atom is -0.299 e. The van der Waals surface area contributed by atoms with Crippen LogP contribution in [0.5, 0.6) is 0 Å². The average Bonchev–Trinajstić information content (AvgIpc) is 2.46. The second-order valence-corrected chi connectivity index (χ2v) is 5.58. The van der Waals surface area contributed by atoms with Gasteiger partial charge in [-0.15, -0.1) is 0 Å². The fourth-order valence-corrected chi connectivity index (χ4v) is 2.87. The summed E-state index contributed by atoms with van der Waals surface area (Å²) in [7, 11) is 0. The lowest BCUT2D eigenvalue weighted by Crippen LogP contribution is -2.22. The summed E-state index contributed by atoms with van der Waals surface area (Å²) in [5.74, 6) is -0.0640. The molecular formula is C16H19F3O. The number of halogens is 3. The number of hydrogen-bond acceptors (Lipinski definition) is 1. The van der Waals surface area contributed by atoms with E-state index in [2.05, 4.69) is 0 Å². The monoisotopic (exact) mass is 284 g/mol. The molecule has 4 heteroatoms. The van der Waals surface area contributed by atoms with Gasteiger partial charge in [-0.3, -0.25) is 4.79 Å². The fourth-order valence-electron chi connectivity index (χ4n) is 2.87. The highest BCUT2D eigenvalue weighted by Crippen LogP contribution is 2.32. The Morgan fingerprint density at radius 2 is 1.65 bits per heavy atom. The van der Waals surface area contributed by atoms with Crippen molar-refractivity contribution in [1.29, 1.82) is 0 Å². The van der Waals surface area contributed by atoms with Crippen molar-refractivity contribution in [3.8, 4) is 0 Å². The summed E-state index contributed by atoms with van der Waals surface area (Å²) in [6.07, 6.45) is 0.855. The van der Waals surface area contributed by atoms with E-state index < -0.39 is 11.7 Å². The van der Waals surface area contributed by atoms with E-state index in [-0.39, 0.29) is 17.6 Å². The van der Waals surface area contributed by atoms with Crippen molar-refractivity contribution in [2.75, 3.05) is 0 Å². The first kappa shape index (κ1) is 15.1. The molecule has 20 heavy (non-hydrogen) atoms. The highest BCUT2D eigenvalue weighted by atomic mass is 19.4. The van der Waals surface area contributed by atoms with E-state index in [1.165, 1.54) is 18.6 Å². The molecule has 1 saturated carbocycles. The highest BCUT2D eigenvalue weighted by molar-refractivity contribution is 5.87. The van der Waals surface area contributed by atoms with E-state index in [0.717, 1.165) is 37.8 Å². The smallest absolute Gasteiger partial charge is 0.299 e. The van der Waals surface area contributed by atoms with Gasteiger partial charge in [-0.2, -0.15) is 13.2 Å². The maximum Gasteiger partial charge on any atom is 0.416 e. The van der Waals surface area contributed by atoms with Gasteiger partial charge in [0.15, 0.2) is 0 Å². The Hall–Kier alpha value is -1.32. The van der Waals surface area contributed by atoms with E-state index in [1.54, 1.807) is 6.92 Å². The third-order valence-electron chi connectivity index (χ3n) is 4.17. The van der Waals surface area contributed by atoms with Gasteiger partial charge in [0, 0.05) is 11.8 Å². The van der Waals surface area contributed by atoms with Gasteiger partial charge < -0.3 is 0 Å². The Morgan fingerprint density at radius 3 is 2.15 bits per heavy atom.